The molecule has 2 heteroatoms. The van der Waals surface area contributed by atoms with Crippen molar-refractivity contribution in [3.8, 4) is 6.15 Å². The van der Waals surface area contributed by atoms with Crippen LogP contribution in [-0.2, 0) is 9.45 Å². The maximum atomic E-state index is 9.48. The van der Waals surface area contributed by atoms with Crippen LogP contribution in [-0.4, -0.2) is 5.94 Å². The molecule has 44 valence electrons. The molecule has 0 saturated heterocycles. The van der Waals surface area contributed by atoms with Crippen molar-refractivity contribution in [1.82, 2.24) is 0 Å². The van der Waals surface area contributed by atoms with Crippen LogP contribution in [0.2, 0.25) is 0 Å². The van der Waals surface area contributed by atoms with Crippen LogP contribution in [0.4, 0.5) is 0 Å². The molecule has 0 spiro atoms. The topological polar surface area (TPSA) is 37.0 Å². The maximum absolute atomic E-state index is 9.48. The van der Waals surface area contributed by atoms with E-state index in [1.807, 2.05) is 5.73 Å². The molecule has 0 unspecified atom stereocenters. The summed E-state index contributed by atoms with van der Waals surface area (Å²) in [4.78, 5) is 9.44. The summed E-state index contributed by atoms with van der Waals surface area (Å²) >= 11 is 0. The molecule has 2 nitrogen and oxygen atoms in total. The van der Waals surface area contributed by atoms with Gasteiger partial charge in [-0.25, -0.2) is 0 Å². The summed E-state index contributed by atoms with van der Waals surface area (Å²) in [7, 11) is 0. The SMILES string of the molecule is O=C=C=C=C=C=C=CC#[O+]. The van der Waals surface area contributed by atoms with Crippen LogP contribution in [0.25, 0.3) is 0 Å². The summed E-state index contributed by atoms with van der Waals surface area (Å²) in [6, 6.07) is 0. The fourth-order valence-electron chi connectivity index (χ4n) is 0.190. The molecule has 0 N–H and O–H groups in total. The zero-order valence-corrected chi connectivity index (χ0v) is 4.89. The molecule has 0 radical (unpaired) electrons. The number of carbonyl (C=O) groups excluding carboxylic acids is 1. The summed E-state index contributed by atoms with van der Waals surface area (Å²) in [6.45, 7) is 0. The molecule has 0 aliphatic carbocycles. The number of hydrogen-bond acceptors (Lipinski definition) is 1. The molecule has 0 fully saturated rings. The van der Waals surface area contributed by atoms with Gasteiger partial charge in [0.15, 0.2) is 0 Å². The molecule has 0 amide bonds. The molecule has 10 heavy (non-hydrogen) atoms. The van der Waals surface area contributed by atoms with Crippen molar-refractivity contribution in [1.29, 1.82) is 0 Å². The van der Waals surface area contributed by atoms with E-state index in [4.69, 9.17) is 0 Å². The molecule has 0 saturated carbocycles. The first-order valence-electron chi connectivity index (χ1n) is 2.24. The van der Waals surface area contributed by atoms with Gasteiger partial charge in [-0.05, 0) is 0 Å². The van der Waals surface area contributed by atoms with Gasteiger partial charge in [0, 0.05) is 0 Å². The molecule has 0 aromatic heterocycles. The van der Waals surface area contributed by atoms with Gasteiger partial charge in [0.2, 0.25) is 0 Å². The van der Waals surface area contributed by atoms with Crippen molar-refractivity contribution in [3.63, 3.8) is 0 Å². The van der Waals surface area contributed by atoms with Gasteiger partial charge in [0.05, 0.1) is 0 Å². The predicted molar refractivity (Wildman–Crippen MR) is 32.4 cm³/mol. The summed E-state index contributed by atoms with van der Waals surface area (Å²) in [5, 5.41) is 0. The van der Waals surface area contributed by atoms with E-state index in [0.717, 1.165) is 6.08 Å². The fraction of sp³-hybridized carbons (Fsp3) is 0. The van der Waals surface area contributed by atoms with Crippen molar-refractivity contribution in [2.75, 3.05) is 0 Å². The second-order valence-corrected chi connectivity index (χ2v) is 1.01. The molecule has 0 rings (SSSR count). The zero-order chi connectivity index (χ0) is 7.66. The van der Waals surface area contributed by atoms with E-state index in [0.29, 0.717) is 0 Å². The van der Waals surface area contributed by atoms with Crippen molar-refractivity contribution in [2.24, 2.45) is 0 Å². The Balaban J connectivity index is 4.94. The van der Waals surface area contributed by atoms with Crippen molar-refractivity contribution in [2.45, 2.75) is 0 Å². The molecule has 0 heterocycles. The van der Waals surface area contributed by atoms with Crippen LogP contribution in [0, 0.1) is 6.15 Å². The van der Waals surface area contributed by atoms with Gasteiger partial charge in [-0.1, -0.05) is 0 Å². The second-order valence-electron chi connectivity index (χ2n) is 1.01. The minimum absolute atomic E-state index is 0.985. The van der Waals surface area contributed by atoms with E-state index in [2.05, 4.69) is 22.9 Å². The van der Waals surface area contributed by atoms with E-state index >= 15 is 0 Å². The predicted octanol–water partition coefficient (Wildman–Crippen LogP) is 0.539. The molecular weight excluding hydrogens is 128 g/mol. The van der Waals surface area contributed by atoms with E-state index < -0.39 is 0 Å². The first-order chi connectivity index (χ1) is 4.91. The third-order valence-electron chi connectivity index (χ3n) is 0.442. The third kappa shape index (κ3) is 6.09. The molecule has 0 aromatic rings. The van der Waals surface area contributed by atoms with E-state index in [-0.39, 0.29) is 0 Å². The van der Waals surface area contributed by atoms with Crippen LogP contribution < -0.4 is 0 Å². The van der Waals surface area contributed by atoms with E-state index in [1.54, 1.807) is 0 Å². The van der Waals surface area contributed by atoms with Crippen LogP contribution in [0.3, 0.4) is 0 Å². The van der Waals surface area contributed by atoms with Gasteiger partial charge in [0.1, 0.15) is 0 Å². The Morgan fingerprint density at radius 3 is 2.40 bits per heavy atom. The average Bonchev–Trinajstić information content (AvgIpc) is 1.97. The molecule has 0 aromatic carbocycles. The molecule has 0 bridgehead atoms. The molecule has 0 aliphatic rings. The Morgan fingerprint density at radius 2 is 1.80 bits per heavy atom. The van der Waals surface area contributed by atoms with Crippen LogP contribution in [0.15, 0.2) is 34.7 Å². The van der Waals surface area contributed by atoms with Gasteiger partial charge in [0.25, 0.3) is 0 Å². The Morgan fingerprint density at radius 1 is 1.10 bits per heavy atom. The second kappa shape index (κ2) is 7.09. The minimum atomic E-state index is 0.985. The number of allylic oxidation sites excluding steroid dienone is 1. The van der Waals surface area contributed by atoms with Crippen molar-refractivity contribution >= 4 is 5.94 Å². The summed E-state index contributed by atoms with van der Waals surface area (Å²) < 4.78 is 9.48. The number of rotatable bonds is 0. The van der Waals surface area contributed by atoms with E-state index in [9.17, 15) is 9.45 Å². The molecule has 0 atom stereocenters. The van der Waals surface area contributed by atoms with Gasteiger partial charge in [-0.2, -0.15) is 0 Å². The van der Waals surface area contributed by atoms with Crippen molar-refractivity contribution < 1.29 is 9.45 Å². The normalized spacial score (nSPS) is 3.90. The quantitative estimate of drug-likeness (QED) is 0.267. The fourth-order valence-corrected chi connectivity index (χ4v) is 0.190. The van der Waals surface area contributed by atoms with E-state index in [1.165, 1.54) is 12.1 Å². The Hall–Kier alpha value is -1.91. The first kappa shape index (κ1) is 8.09. The van der Waals surface area contributed by atoms with Crippen LogP contribution in [0.5, 0.6) is 0 Å². The standard InChI is InChI=1S/C8HO2/c9-7-5-3-1-2-4-6-8-10/h5H/q+1. The van der Waals surface area contributed by atoms with Crippen molar-refractivity contribution in [3.05, 3.63) is 34.7 Å². The number of hydrogen-bond donors (Lipinski definition) is 0. The molecule has 0 aliphatic heterocycles. The van der Waals surface area contributed by atoms with Gasteiger partial charge in [-0.15, -0.1) is 0 Å². The van der Waals surface area contributed by atoms with Crippen LogP contribution in [0.1, 0.15) is 0 Å². The van der Waals surface area contributed by atoms with Gasteiger partial charge in [-0.3, -0.25) is 0 Å². The van der Waals surface area contributed by atoms with Gasteiger partial charge < -0.3 is 0 Å². The van der Waals surface area contributed by atoms with Gasteiger partial charge >= 0.3 is 56.3 Å². The summed E-state index contributed by atoms with van der Waals surface area (Å²) in [5.74, 6) is 1.33. The first-order valence-corrected chi connectivity index (χ1v) is 2.24. The Kier molecular flexibility index (Phi) is 5.74. The Labute approximate surface area is 57.2 Å². The molecular formula is C8HO2+. The monoisotopic (exact) mass is 129 g/mol. The summed E-state index contributed by atoms with van der Waals surface area (Å²) in [5.41, 5.74) is 10.8. The zero-order valence-electron chi connectivity index (χ0n) is 4.89. The Bertz CT molecular complexity index is 360. The summed E-state index contributed by atoms with van der Waals surface area (Å²) in [6.07, 6.45) is 2.43. The van der Waals surface area contributed by atoms with Crippen LogP contribution >= 0.6 is 0 Å². The average molecular weight is 129 g/mol. The third-order valence-corrected chi connectivity index (χ3v) is 0.442.